The number of thiazole rings is 1. The number of hydrogen-bond acceptors (Lipinski definition) is 4. The number of rotatable bonds is 9. The second-order valence-corrected chi connectivity index (χ2v) is 7.24. The molecular formula is C22H23N3O2S. The summed E-state index contributed by atoms with van der Waals surface area (Å²) in [6, 6.07) is 19.1. The SMILES string of the molecule is O=C(CCCCCNC(=O)c1ccccc1)Nc1nc(-c2ccccc2)cs1. The van der Waals surface area contributed by atoms with Crippen LogP contribution in [0.4, 0.5) is 5.13 Å². The number of nitrogens with zero attached hydrogens (tertiary/aromatic N) is 1. The van der Waals surface area contributed by atoms with Crippen LogP contribution in [-0.2, 0) is 4.79 Å². The average molecular weight is 394 g/mol. The minimum Gasteiger partial charge on any atom is -0.352 e. The van der Waals surface area contributed by atoms with Crippen LogP contribution in [0, 0.1) is 0 Å². The third-order valence-electron chi connectivity index (χ3n) is 4.22. The van der Waals surface area contributed by atoms with Gasteiger partial charge in [-0.25, -0.2) is 4.98 Å². The Bertz CT molecular complexity index is 894. The molecule has 3 rings (SSSR count). The van der Waals surface area contributed by atoms with E-state index in [0.717, 1.165) is 30.5 Å². The maximum atomic E-state index is 12.1. The van der Waals surface area contributed by atoms with Gasteiger partial charge in [0.05, 0.1) is 5.69 Å². The Hall–Kier alpha value is -2.99. The number of hydrogen-bond donors (Lipinski definition) is 2. The summed E-state index contributed by atoms with van der Waals surface area (Å²) in [7, 11) is 0. The summed E-state index contributed by atoms with van der Waals surface area (Å²) in [4.78, 5) is 28.4. The lowest BCUT2D eigenvalue weighted by atomic mass is 10.1. The molecule has 0 saturated heterocycles. The van der Waals surface area contributed by atoms with E-state index < -0.39 is 0 Å². The number of carbonyl (C=O) groups excluding carboxylic acids is 2. The third kappa shape index (κ3) is 6.03. The van der Waals surface area contributed by atoms with Crippen LogP contribution in [0.15, 0.2) is 66.0 Å². The first kappa shape index (κ1) is 19.8. The largest absolute Gasteiger partial charge is 0.352 e. The normalized spacial score (nSPS) is 10.4. The van der Waals surface area contributed by atoms with Gasteiger partial charge in [0.15, 0.2) is 5.13 Å². The van der Waals surface area contributed by atoms with E-state index in [-0.39, 0.29) is 11.8 Å². The van der Waals surface area contributed by atoms with Gasteiger partial charge >= 0.3 is 0 Å². The van der Waals surface area contributed by atoms with E-state index in [2.05, 4.69) is 15.6 Å². The smallest absolute Gasteiger partial charge is 0.251 e. The topological polar surface area (TPSA) is 71.1 Å². The lowest BCUT2D eigenvalue weighted by Gasteiger charge is -2.05. The van der Waals surface area contributed by atoms with Gasteiger partial charge in [0, 0.05) is 29.5 Å². The molecule has 0 bridgehead atoms. The first-order chi connectivity index (χ1) is 13.7. The molecule has 0 atom stereocenters. The monoisotopic (exact) mass is 393 g/mol. The van der Waals surface area contributed by atoms with Crippen LogP contribution in [0.5, 0.6) is 0 Å². The summed E-state index contributed by atoms with van der Waals surface area (Å²) in [5.74, 6) is -0.0846. The van der Waals surface area contributed by atoms with Crippen LogP contribution in [0.1, 0.15) is 36.0 Å². The van der Waals surface area contributed by atoms with Crippen molar-refractivity contribution >= 4 is 28.3 Å². The van der Waals surface area contributed by atoms with Crippen molar-refractivity contribution in [2.45, 2.75) is 25.7 Å². The van der Waals surface area contributed by atoms with Crippen LogP contribution in [0.3, 0.4) is 0 Å². The number of carbonyl (C=O) groups is 2. The summed E-state index contributed by atoms with van der Waals surface area (Å²) < 4.78 is 0. The highest BCUT2D eigenvalue weighted by atomic mass is 32.1. The molecule has 0 aliphatic heterocycles. The highest BCUT2D eigenvalue weighted by molar-refractivity contribution is 7.14. The zero-order valence-corrected chi connectivity index (χ0v) is 16.4. The van der Waals surface area contributed by atoms with Crippen molar-refractivity contribution in [3.8, 4) is 11.3 Å². The van der Waals surface area contributed by atoms with Gasteiger partial charge in [-0.3, -0.25) is 9.59 Å². The molecule has 0 radical (unpaired) electrons. The molecule has 6 heteroatoms. The number of unbranched alkanes of at least 4 members (excludes halogenated alkanes) is 2. The Balaban J connectivity index is 1.31. The maximum absolute atomic E-state index is 12.1. The first-order valence-electron chi connectivity index (χ1n) is 9.36. The van der Waals surface area contributed by atoms with Gasteiger partial charge in [-0.1, -0.05) is 55.0 Å². The molecule has 0 aliphatic carbocycles. The van der Waals surface area contributed by atoms with E-state index in [4.69, 9.17) is 0 Å². The average Bonchev–Trinajstić information content (AvgIpc) is 3.20. The molecule has 5 nitrogen and oxygen atoms in total. The van der Waals surface area contributed by atoms with Crippen molar-refractivity contribution in [1.29, 1.82) is 0 Å². The Kier molecular flexibility index (Phi) is 7.32. The predicted molar refractivity (Wildman–Crippen MR) is 113 cm³/mol. The van der Waals surface area contributed by atoms with Gasteiger partial charge in [-0.05, 0) is 25.0 Å². The Morgan fingerprint density at radius 1 is 0.893 bits per heavy atom. The highest BCUT2D eigenvalue weighted by Gasteiger charge is 2.08. The Morgan fingerprint density at radius 3 is 2.36 bits per heavy atom. The van der Waals surface area contributed by atoms with E-state index in [1.807, 2.05) is 53.9 Å². The van der Waals surface area contributed by atoms with Crippen molar-refractivity contribution in [2.24, 2.45) is 0 Å². The summed E-state index contributed by atoms with van der Waals surface area (Å²) in [5.41, 5.74) is 2.58. The maximum Gasteiger partial charge on any atom is 0.251 e. The number of amides is 2. The van der Waals surface area contributed by atoms with Crippen molar-refractivity contribution in [2.75, 3.05) is 11.9 Å². The first-order valence-corrected chi connectivity index (χ1v) is 10.2. The van der Waals surface area contributed by atoms with Gasteiger partial charge in [0.1, 0.15) is 0 Å². The van der Waals surface area contributed by atoms with Crippen LogP contribution < -0.4 is 10.6 Å². The second kappa shape index (κ2) is 10.4. The second-order valence-electron chi connectivity index (χ2n) is 6.38. The van der Waals surface area contributed by atoms with E-state index in [9.17, 15) is 9.59 Å². The highest BCUT2D eigenvalue weighted by Crippen LogP contribution is 2.24. The quantitative estimate of drug-likeness (QED) is 0.516. The Labute approximate surface area is 168 Å². The van der Waals surface area contributed by atoms with Gasteiger partial charge in [0.2, 0.25) is 5.91 Å². The van der Waals surface area contributed by atoms with Gasteiger partial charge < -0.3 is 10.6 Å². The lowest BCUT2D eigenvalue weighted by Crippen LogP contribution is -2.24. The molecule has 1 heterocycles. The summed E-state index contributed by atoms with van der Waals surface area (Å²) in [6.45, 7) is 0.613. The van der Waals surface area contributed by atoms with Gasteiger partial charge in [-0.2, -0.15) is 0 Å². The molecule has 2 aromatic carbocycles. The third-order valence-corrected chi connectivity index (χ3v) is 4.98. The van der Waals surface area contributed by atoms with E-state index in [0.29, 0.717) is 23.7 Å². The molecule has 3 aromatic rings. The fourth-order valence-corrected chi connectivity index (χ4v) is 3.47. The molecule has 0 spiro atoms. The van der Waals surface area contributed by atoms with Crippen LogP contribution in [0.2, 0.25) is 0 Å². The molecular weight excluding hydrogens is 370 g/mol. The summed E-state index contributed by atoms with van der Waals surface area (Å²) in [5, 5.41) is 8.33. The van der Waals surface area contributed by atoms with Crippen molar-refractivity contribution in [1.82, 2.24) is 10.3 Å². The molecule has 0 unspecified atom stereocenters. The minimum absolute atomic E-state index is 0.0257. The zero-order chi connectivity index (χ0) is 19.6. The van der Waals surface area contributed by atoms with E-state index in [1.54, 1.807) is 12.1 Å². The lowest BCUT2D eigenvalue weighted by molar-refractivity contribution is -0.116. The van der Waals surface area contributed by atoms with Crippen LogP contribution in [0.25, 0.3) is 11.3 Å². The van der Waals surface area contributed by atoms with Gasteiger partial charge in [-0.15, -0.1) is 11.3 Å². The van der Waals surface area contributed by atoms with Gasteiger partial charge in [0.25, 0.3) is 5.91 Å². The molecule has 0 fully saturated rings. The van der Waals surface area contributed by atoms with Crippen molar-refractivity contribution in [3.05, 3.63) is 71.6 Å². The number of benzene rings is 2. The minimum atomic E-state index is -0.0590. The van der Waals surface area contributed by atoms with Crippen LogP contribution >= 0.6 is 11.3 Å². The fourth-order valence-electron chi connectivity index (χ4n) is 2.74. The predicted octanol–water partition coefficient (Wildman–Crippen LogP) is 4.74. The standard InChI is InChI=1S/C22H23N3O2S/c26-20(25-22-24-19(16-28-22)17-10-4-1-5-11-17)14-8-3-9-15-23-21(27)18-12-6-2-7-13-18/h1-2,4-7,10-13,16H,3,8-9,14-15H2,(H,23,27)(H,24,25,26). The van der Waals surface area contributed by atoms with Crippen molar-refractivity contribution < 1.29 is 9.59 Å². The van der Waals surface area contributed by atoms with E-state index >= 15 is 0 Å². The summed E-state index contributed by atoms with van der Waals surface area (Å²) in [6.07, 6.45) is 2.97. The van der Waals surface area contributed by atoms with E-state index in [1.165, 1.54) is 11.3 Å². The Morgan fingerprint density at radius 2 is 1.61 bits per heavy atom. The molecule has 0 aliphatic rings. The molecule has 144 valence electrons. The zero-order valence-electron chi connectivity index (χ0n) is 15.6. The van der Waals surface area contributed by atoms with Crippen molar-refractivity contribution in [3.63, 3.8) is 0 Å². The molecule has 2 amide bonds. The number of anilines is 1. The molecule has 0 saturated carbocycles. The molecule has 28 heavy (non-hydrogen) atoms. The van der Waals surface area contributed by atoms with Crippen LogP contribution in [-0.4, -0.2) is 23.3 Å². The summed E-state index contributed by atoms with van der Waals surface area (Å²) >= 11 is 1.43. The number of nitrogens with one attached hydrogen (secondary N) is 2. The molecule has 1 aromatic heterocycles. The molecule has 2 N–H and O–H groups in total. The fraction of sp³-hybridized carbons (Fsp3) is 0.227. The number of aromatic nitrogens is 1.